The first kappa shape index (κ1) is 18.7. The molecule has 22 heavy (non-hydrogen) atoms. The van der Waals surface area contributed by atoms with Crippen LogP contribution in [0.25, 0.3) is 0 Å². The van der Waals surface area contributed by atoms with Crippen LogP contribution in [0.15, 0.2) is 22.7 Å². The molecule has 1 aliphatic rings. The molecule has 1 saturated heterocycles. The lowest BCUT2D eigenvalue weighted by molar-refractivity contribution is -0.142. The number of halogens is 3. The van der Waals surface area contributed by atoms with E-state index in [4.69, 9.17) is 9.84 Å². The molecule has 1 aromatic rings. The summed E-state index contributed by atoms with van der Waals surface area (Å²) >= 11 is 3.17. The monoisotopic (exact) mass is 395 g/mol. The summed E-state index contributed by atoms with van der Waals surface area (Å²) in [4.78, 5) is 24.6. The van der Waals surface area contributed by atoms with Gasteiger partial charge in [0.15, 0.2) is 6.10 Å². The summed E-state index contributed by atoms with van der Waals surface area (Å²) in [6.45, 7) is 2.20. The van der Waals surface area contributed by atoms with E-state index < -0.39 is 23.8 Å². The molecule has 0 aromatic heterocycles. The fourth-order valence-electron chi connectivity index (χ4n) is 2.23. The second kappa shape index (κ2) is 7.78. The molecule has 2 unspecified atom stereocenters. The van der Waals surface area contributed by atoms with Crippen LogP contribution in [0.4, 0.5) is 4.39 Å². The van der Waals surface area contributed by atoms with Crippen molar-refractivity contribution in [3.05, 3.63) is 28.5 Å². The van der Waals surface area contributed by atoms with Crippen molar-refractivity contribution in [1.82, 2.24) is 4.90 Å². The summed E-state index contributed by atoms with van der Waals surface area (Å²) in [5, 5.41) is 8.94. The van der Waals surface area contributed by atoms with Gasteiger partial charge in [-0.2, -0.15) is 0 Å². The summed E-state index contributed by atoms with van der Waals surface area (Å²) in [6.07, 6.45) is -0.312. The average Bonchev–Trinajstić information content (AvgIpc) is 2.90. The molecule has 2 rings (SSSR count). The largest absolute Gasteiger partial charge is 0.481 e. The van der Waals surface area contributed by atoms with Crippen LogP contribution in [0, 0.1) is 11.7 Å². The number of carbonyl (C=O) groups is 2. The highest BCUT2D eigenvalue weighted by atomic mass is 79.9. The number of nitrogens with zero attached hydrogens (tertiary/aromatic N) is 1. The molecule has 1 N–H and O–H groups in total. The number of hydrogen-bond donors (Lipinski definition) is 1. The zero-order valence-electron chi connectivity index (χ0n) is 11.8. The predicted octanol–water partition coefficient (Wildman–Crippen LogP) is 2.71. The Morgan fingerprint density at radius 1 is 1.50 bits per heavy atom. The van der Waals surface area contributed by atoms with Gasteiger partial charge in [0, 0.05) is 13.1 Å². The third kappa shape index (κ3) is 4.33. The van der Waals surface area contributed by atoms with Crippen LogP contribution >= 0.6 is 28.3 Å². The van der Waals surface area contributed by atoms with Gasteiger partial charge in [-0.15, -0.1) is 12.4 Å². The van der Waals surface area contributed by atoms with Gasteiger partial charge in [0.1, 0.15) is 11.6 Å². The molecule has 0 bridgehead atoms. The number of likely N-dealkylation sites (tertiary alicyclic amines) is 1. The van der Waals surface area contributed by atoms with Crippen molar-refractivity contribution < 1.29 is 23.8 Å². The Morgan fingerprint density at radius 2 is 2.18 bits per heavy atom. The Bertz CT molecular complexity index is 572. The van der Waals surface area contributed by atoms with Gasteiger partial charge in [-0.1, -0.05) is 0 Å². The van der Waals surface area contributed by atoms with Crippen molar-refractivity contribution in [2.45, 2.75) is 19.4 Å². The number of carboxylic acid groups (broad SMARTS) is 1. The first-order valence-corrected chi connectivity index (χ1v) is 7.31. The summed E-state index contributed by atoms with van der Waals surface area (Å²) in [7, 11) is 0. The van der Waals surface area contributed by atoms with E-state index in [2.05, 4.69) is 15.9 Å². The molecule has 122 valence electrons. The van der Waals surface area contributed by atoms with Crippen molar-refractivity contribution in [1.29, 1.82) is 0 Å². The number of hydrogen-bond acceptors (Lipinski definition) is 3. The smallest absolute Gasteiger partial charge is 0.308 e. The zero-order valence-corrected chi connectivity index (χ0v) is 14.2. The second-order valence-electron chi connectivity index (χ2n) is 4.94. The molecule has 8 heteroatoms. The molecule has 0 spiro atoms. The number of aliphatic carboxylic acids is 1. The zero-order chi connectivity index (χ0) is 15.6. The standard InChI is InChI=1S/C14H15BrFNO4.ClH/c1-8(21-12-3-2-10(16)6-11(12)15)13(18)17-5-4-9(7-17)14(19)20;/h2-3,6,8-9H,4-5,7H2,1H3,(H,19,20);1H. The molecule has 0 aliphatic carbocycles. The Hall–Kier alpha value is -1.34. The van der Waals surface area contributed by atoms with E-state index in [1.165, 1.54) is 23.1 Å². The highest BCUT2D eigenvalue weighted by Crippen LogP contribution is 2.27. The molecule has 0 saturated carbocycles. The SMILES string of the molecule is CC(Oc1ccc(F)cc1Br)C(=O)N1CCC(C(=O)O)C1.Cl. The van der Waals surface area contributed by atoms with E-state index in [9.17, 15) is 14.0 Å². The van der Waals surface area contributed by atoms with Crippen LogP contribution in [0.5, 0.6) is 5.75 Å². The maximum Gasteiger partial charge on any atom is 0.308 e. The third-order valence-electron chi connectivity index (χ3n) is 3.39. The molecular formula is C14H16BrClFNO4. The van der Waals surface area contributed by atoms with Crippen LogP contribution < -0.4 is 4.74 Å². The molecule has 1 aromatic carbocycles. The van der Waals surface area contributed by atoms with E-state index in [0.717, 1.165) is 0 Å². The van der Waals surface area contributed by atoms with Gasteiger partial charge in [0.05, 0.1) is 10.4 Å². The molecule has 1 fully saturated rings. The average molecular weight is 397 g/mol. The summed E-state index contributed by atoms with van der Waals surface area (Å²) in [5.41, 5.74) is 0. The lowest BCUT2D eigenvalue weighted by Gasteiger charge is -2.22. The number of benzene rings is 1. The first-order chi connectivity index (χ1) is 9.88. The van der Waals surface area contributed by atoms with Gasteiger partial charge in [-0.25, -0.2) is 4.39 Å². The lowest BCUT2D eigenvalue weighted by Crippen LogP contribution is -2.39. The van der Waals surface area contributed by atoms with Crippen molar-refractivity contribution >= 4 is 40.2 Å². The highest BCUT2D eigenvalue weighted by Gasteiger charge is 2.33. The van der Waals surface area contributed by atoms with Crippen LogP contribution in [0.3, 0.4) is 0 Å². The highest BCUT2D eigenvalue weighted by molar-refractivity contribution is 9.10. The maximum absolute atomic E-state index is 13.0. The summed E-state index contributed by atoms with van der Waals surface area (Å²) in [5.74, 6) is -1.71. The van der Waals surface area contributed by atoms with Crippen LogP contribution in [0.1, 0.15) is 13.3 Å². The lowest BCUT2D eigenvalue weighted by atomic mass is 10.1. The van der Waals surface area contributed by atoms with E-state index in [1.807, 2.05) is 0 Å². The predicted molar refractivity (Wildman–Crippen MR) is 83.8 cm³/mol. The number of carbonyl (C=O) groups excluding carboxylic acids is 1. The topological polar surface area (TPSA) is 66.8 Å². The number of rotatable bonds is 4. The second-order valence-corrected chi connectivity index (χ2v) is 5.80. The van der Waals surface area contributed by atoms with E-state index in [-0.39, 0.29) is 24.9 Å². The number of carboxylic acids is 1. The first-order valence-electron chi connectivity index (χ1n) is 6.51. The van der Waals surface area contributed by atoms with Crippen LogP contribution in [-0.2, 0) is 9.59 Å². The molecule has 0 radical (unpaired) electrons. The number of ether oxygens (including phenoxy) is 1. The quantitative estimate of drug-likeness (QED) is 0.850. The summed E-state index contributed by atoms with van der Waals surface area (Å²) < 4.78 is 18.9. The minimum absolute atomic E-state index is 0. The fourth-order valence-corrected chi connectivity index (χ4v) is 2.68. The van der Waals surface area contributed by atoms with Gasteiger partial charge >= 0.3 is 5.97 Å². The van der Waals surface area contributed by atoms with Gasteiger partial charge in [0.2, 0.25) is 0 Å². The minimum atomic E-state index is -0.889. The molecule has 1 amide bonds. The van der Waals surface area contributed by atoms with Crippen molar-refractivity contribution in [3.8, 4) is 5.75 Å². The van der Waals surface area contributed by atoms with Crippen molar-refractivity contribution in [2.75, 3.05) is 13.1 Å². The molecule has 2 atom stereocenters. The van der Waals surface area contributed by atoms with Gasteiger partial charge in [-0.05, 0) is 47.5 Å². The Labute approximate surface area is 142 Å². The Balaban J connectivity index is 0.00000242. The summed E-state index contributed by atoms with van der Waals surface area (Å²) in [6, 6.07) is 3.93. The Kier molecular flexibility index (Phi) is 6.62. The molecule has 5 nitrogen and oxygen atoms in total. The van der Waals surface area contributed by atoms with E-state index in [1.54, 1.807) is 6.92 Å². The van der Waals surface area contributed by atoms with E-state index in [0.29, 0.717) is 23.2 Å². The van der Waals surface area contributed by atoms with Gasteiger partial charge in [-0.3, -0.25) is 9.59 Å². The minimum Gasteiger partial charge on any atom is -0.481 e. The van der Waals surface area contributed by atoms with Gasteiger partial charge in [0.25, 0.3) is 5.91 Å². The molecule has 1 aliphatic heterocycles. The van der Waals surface area contributed by atoms with Gasteiger partial charge < -0.3 is 14.7 Å². The fraction of sp³-hybridized carbons (Fsp3) is 0.429. The van der Waals surface area contributed by atoms with Crippen LogP contribution in [0.2, 0.25) is 0 Å². The van der Waals surface area contributed by atoms with Crippen molar-refractivity contribution in [3.63, 3.8) is 0 Å². The van der Waals surface area contributed by atoms with E-state index >= 15 is 0 Å². The third-order valence-corrected chi connectivity index (χ3v) is 4.01. The molecular weight excluding hydrogens is 381 g/mol. The normalized spacial score (nSPS) is 18.5. The van der Waals surface area contributed by atoms with Crippen LogP contribution in [-0.4, -0.2) is 41.1 Å². The maximum atomic E-state index is 13.0. The number of amides is 1. The van der Waals surface area contributed by atoms with Crippen molar-refractivity contribution in [2.24, 2.45) is 5.92 Å². The Morgan fingerprint density at radius 3 is 2.73 bits per heavy atom. The molecule has 1 heterocycles.